The van der Waals surface area contributed by atoms with Gasteiger partial charge >= 0.3 is 0 Å². The highest BCUT2D eigenvalue weighted by atomic mass is 16.5. The summed E-state index contributed by atoms with van der Waals surface area (Å²) in [4.78, 5) is 18.1. The fourth-order valence-corrected chi connectivity index (χ4v) is 2.42. The standard InChI is InChI=1S/C19H20N4O2/c1-14-8-9-18(20-11-14)21-19(24)13-23(2)12-16-10-17(22-25-16)15-6-4-3-5-7-15/h3-11H,12-13H2,1-2H3,(H,20,21,24). The van der Waals surface area contributed by atoms with E-state index < -0.39 is 0 Å². The summed E-state index contributed by atoms with van der Waals surface area (Å²) < 4.78 is 5.37. The molecule has 0 bridgehead atoms. The van der Waals surface area contributed by atoms with E-state index in [9.17, 15) is 4.79 Å². The molecule has 3 aromatic rings. The van der Waals surface area contributed by atoms with Gasteiger partial charge in [-0.3, -0.25) is 9.69 Å². The van der Waals surface area contributed by atoms with Crippen LogP contribution in [0.2, 0.25) is 0 Å². The zero-order chi connectivity index (χ0) is 17.6. The van der Waals surface area contributed by atoms with Gasteiger partial charge in [0.1, 0.15) is 11.5 Å². The van der Waals surface area contributed by atoms with E-state index in [1.807, 2.05) is 61.3 Å². The molecule has 0 fully saturated rings. The summed E-state index contributed by atoms with van der Waals surface area (Å²) in [7, 11) is 1.85. The van der Waals surface area contributed by atoms with Crippen LogP contribution in [0.15, 0.2) is 59.3 Å². The molecule has 1 amide bonds. The minimum Gasteiger partial charge on any atom is -0.359 e. The largest absolute Gasteiger partial charge is 0.359 e. The van der Waals surface area contributed by atoms with Crippen molar-refractivity contribution in [2.75, 3.05) is 18.9 Å². The van der Waals surface area contributed by atoms with Crippen molar-refractivity contribution in [2.45, 2.75) is 13.5 Å². The molecule has 0 aliphatic carbocycles. The number of aryl methyl sites for hydroxylation is 1. The summed E-state index contributed by atoms with van der Waals surface area (Å²) in [6.07, 6.45) is 1.72. The summed E-state index contributed by atoms with van der Waals surface area (Å²) in [5, 5.41) is 6.86. The molecule has 3 rings (SSSR count). The van der Waals surface area contributed by atoms with E-state index in [1.54, 1.807) is 12.3 Å². The minimum absolute atomic E-state index is 0.123. The molecule has 0 spiro atoms. The molecule has 6 heteroatoms. The average molecular weight is 336 g/mol. The van der Waals surface area contributed by atoms with Crippen LogP contribution in [0.4, 0.5) is 5.82 Å². The molecule has 0 saturated heterocycles. The number of nitrogens with one attached hydrogen (secondary N) is 1. The van der Waals surface area contributed by atoms with Crippen LogP contribution in [0.1, 0.15) is 11.3 Å². The molecule has 0 atom stereocenters. The first-order valence-electron chi connectivity index (χ1n) is 8.02. The quantitative estimate of drug-likeness (QED) is 0.749. The Morgan fingerprint density at radius 3 is 2.72 bits per heavy atom. The second kappa shape index (κ2) is 7.72. The van der Waals surface area contributed by atoms with E-state index in [0.29, 0.717) is 18.1 Å². The summed E-state index contributed by atoms with van der Waals surface area (Å²) in [6.45, 7) is 2.68. The Balaban J connectivity index is 1.54. The number of aromatic nitrogens is 2. The lowest BCUT2D eigenvalue weighted by Crippen LogP contribution is -2.29. The van der Waals surface area contributed by atoms with E-state index in [4.69, 9.17) is 4.52 Å². The monoisotopic (exact) mass is 336 g/mol. The number of anilines is 1. The third-order valence-electron chi connectivity index (χ3n) is 3.65. The lowest BCUT2D eigenvalue weighted by atomic mass is 10.1. The Morgan fingerprint density at radius 1 is 1.20 bits per heavy atom. The van der Waals surface area contributed by atoms with Crippen molar-refractivity contribution in [1.82, 2.24) is 15.0 Å². The third kappa shape index (κ3) is 4.74. The molecule has 6 nitrogen and oxygen atoms in total. The molecule has 128 valence electrons. The zero-order valence-electron chi connectivity index (χ0n) is 14.3. The normalized spacial score (nSPS) is 10.8. The molecule has 1 aromatic carbocycles. The molecule has 25 heavy (non-hydrogen) atoms. The van der Waals surface area contributed by atoms with Gasteiger partial charge in [0.05, 0.1) is 13.1 Å². The average Bonchev–Trinajstić information content (AvgIpc) is 3.06. The van der Waals surface area contributed by atoms with Crippen molar-refractivity contribution >= 4 is 11.7 Å². The number of pyridine rings is 1. The van der Waals surface area contributed by atoms with Crippen molar-refractivity contribution in [1.29, 1.82) is 0 Å². The molecule has 2 aromatic heterocycles. The van der Waals surface area contributed by atoms with E-state index in [0.717, 1.165) is 16.8 Å². The molecule has 0 aliphatic heterocycles. The number of hydrogen-bond acceptors (Lipinski definition) is 5. The maximum absolute atomic E-state index is 12.1. The van der Waals surface area contributed by atoms with Gasteiger partial charge in [-0.25, -0.2) is 4.98 Å². The third-order valence-corrected chi connectivity index (χ3v) is 3.65. The minimum atomic E-state index is -0.123. The van der Waals surface area contributed by atoms with Gasteiger partial charge in [0, 0.05) is 17.8 Å². The molecule has 0 radical (unpaired) electrons. The second-order valence-corrected chi connectivity index (χ2v) is 5.99. The van der Waals surface area contributed by atoms with Crippen molar-refractivity contribution < 1.29 is 9.32 Å². The summed E-state index contributed by atoms with van der Waals surface area (Å²) in [5.41, 5.74) is 2.84. The van der Waals surface area contributed by atoms with E-state index in [1.165, 1.54) is 0 Å². The molecule has 0 aliphatic rings. The maximum atomic E-state index is 12.1. The Morgan fingerprint density at radius 2 is 2.00 bits per heavy atom. The number of amides is 1. The number of hydrogen-bond donors (Lipinski definition) is 1. The number of nitrogens with zero attached hydrogens (tertiary/aromatic N) is 3. The first-order chi connectivity index (χ1) is 12.1. The van der Waals surface area contributed by atoms with Gasteiger partial charge in [-0.05, 0) is 25.6 Å². The highest BCUT2D eigenvalue weighted by Crippen LogP contribution is 2.19. The number of carbonyl (C=O) groups excluding carboxylic acids is 1. The van der Waals surface area contributed by atoms with Crippen LogP contribution >= 0.6 is 0 Å². The highest BCUT2D eigenvalue weighted by molar-refractivity contribution is 5.91. The number of carbonyl (C=O) groups is 1. The Hall–Kier alpha value is -2.99. The van der Waals surface area contributed by atoms with E-state index >= 15 is 0 Å². The first kappa shape index (κ1) is 16.9. The van der Waals surface area contributed by atoms with Crippen molar-refractivity contribution in [2.24, 2.45) is 0 Å². The number of likely N-dealkylation sites (N-methyl/N-ethyl adjacent to an activating group) is 1. The van der Waals surface area contributed by atoms with Crippen LogP contribution in [0.3, 0.4) is 0 Å². The topological polar surface area (TPSA) is 71.3 Å². The van der Waals surface area contributed by atoms with Crippen molar-refractivity contribution in [3.8, 4) is 11.3 Å². The molecule has 2 heterocycles. The maximum Gasteiger partial charge on any atom is 0.239 e. The van der Waals surface area contributed by atoms with E-state index in [-0.39, 0.29) is 12.5 Å². The molecular weight excluding hydrogens is 316 g/mol. The molecule has 1 N–H and O–H groups in total. The van der Waals surface area contributed by atoms with Crippen LogP contribution in [0.5, 0.6) is 0 Å². The lowest BCUT2D eigenvalue weighted by molar-refractivity contribution is -0.117. The van der Waals surface area contributed by atoms with Crippen LogP contribution in [0, 0.1) is 6.92 Å². The number of benzene rings is 1. The van der Waals surface area contributed by atoms with Crippen LogP contribution in [-0.2, 0) is 11.3 Å². The SMILES string of the molecule is Cc1ccc(NC(=O)CN(C)Cc2cc(-c3ccccc3)no2)nc1. The van der Waals surface area contributed by atoms with Gasteiger partial charge in [-0.1, -0.05) is 41.6 Å². The van der Waals surface area contributed by atoms with Gasteiger partial charge in [-0.15, -0.1) is 0 Å². The zero-order valence-corrected chi connectivity index (χ0v) is 14.3. The first-order valence-corrected chi connectivity index (χ1v) is 8.02. The van der Waals surface area contributed by atoms with Crippen LogP contribution in [0.25, 0.3) is 11.3 Å². The van der Waals surface area contributed by atoms with Crippen LogP contribution < -0.4 is 5.32 Å². The van der Waals surface area contributed by atoms with Crippen LogP contribution in [-0.4, -0.2) is 34.5 Å². The summed E-state index contributed by atoms with van der Waals surface area (Å²) in [5.74, 6) is 1.14. The van der Waals surface area contributed by atoms with Gasteiger partial charge in [0.25, 0.3) is 0 Å². The molecular formula is C19H20N4O2. The Kier molecular flexibility index (Phi) is 5.20. The second-order valence-electron chi connectivity index (χ2n) is 5.99. The molecule has 0 unspecified atom stereocenters. The highest BCUT2D eigenvalue weighted by Gasteiger charge is 2.12. The van der Waals surface area contributed by atoms with Crippen molar-refractivity contribution in [3.05, 3.63) is 66.1 Å². The van der Waals surface area contributed by atoms with Gasteiger partial charge in [0.15, 0.2) is 5.76 Å². The Labute approximate surface area is 146 Å². The van der Waals surface area contributed by atoms with Gasteiger partial charge in [0.2, 0.25) is 5.91 Å². The van der Waals surface area contributed by atoms with Gasteiger partial charge < -0.3 is 9.84 Å². The van der Waals surface area contributed by atoms with Crippen molar-refractivity contribution in [3.63, 3.8) is 0 Å². The fourth-order valence-electron chi connectivity index (χ4n) is 2.42. The molecule has 0 saturated carbocycles. The predicted octanol–water partition coefficient (Wildman–Crippen LogP) is 3.12. The van der Waals surface area contributed by atoms with Gasteiger partial charge in [-0.2, -0.15) is 0 Å². The van der Waals surface area contributed by atoms with E-state index in [2.05, 4.69) is 15.5 Å². The summed E-state index contributed by atoms with van der Waals surface area (Å²) >= 11 is 0. The lowest BCUT2D eigenvalue weighted by Gasteiger charge is -2.14. The predicted molar refractivity (Wildman–Crippen MR) is 95.9 cm³/mol. The Bertz CT molecular complexity index is 828. The summed E-state index contributed by atoms with van der Waals surface area (Å²) in [6, 6.07) is 15.4. The fraction of sp³-hybridized carbons (Fsp3) is 0.211. The number of rotatable bonds is 6. The smallest absolute Gasteiger partial charge is 0.239 e.